The summed E-state index contributed by atoms with van der Waals surface area (Å²) >= 11 is 0. The first-order valence-corrected chi connectivity index (χ1v) is 32.1. The topological polar surface area (TPSA) is 162 Å². The molecule has 0 bridgehead atoms. The first kappa shape index (κ1) is 59.6. The number of nitrogens with two attached hydrogens (primary N) is 1. The van der Waals surface area contributed by atoms with E-state index >= 15 is 0 Å². The van der Waals surface area contributed by atoms with Crippen LogP contribution in [0.4, 0.5) is 28.4 Å². The average Bonchev–Trinajstić information content (AvgIpc) is 4.08. The van der Waals surface area contributed by atoms with Crippen molar-refractivity contribution >= 4 is 61.1 Å². The number of fused-ring (bicyclic) bond motifs is 3. The van der Waals surface area contributed by atoms with Crippen LogP contribution in [0.5, 0.6) is 0 Å². The molecule has 0 atom stereocenters. The molecule has 0 unspecified atom stereocenters. The second-order valence-electron chi connectivity index (χ2n) is 24.4. The van der Waals surface area contributed by atoms with E-state index in [4.69, 9.17) is 11.3 Å². The van der Waals surface area contributed by atoms with Crippen molar-refractivity contribution in [2.45, 2.75) is 70.5 Å². The predicted molar refractivity (Wildman–Crippen MR) is 370 cm³/mol. The van der Waals surface area contributed by atoms with Crippen molar-refractivity contribution in [1.82, 2.24) is 30.1 Å². The van der Waals surface area contributed by atoms with E-state index in [1.54, 1.807) is 5.57 Å². The van der Waals surface area contributed by atoms with Gasteiger partial charge in [0.25, 0.3) is 0 Å². The van der Waals surface area contributed by atoms with Gasteiger partial charge in [-0.15, -0.1) is 0 Å². The van der Waals surface area contributed by atoms with Crippen molar-refractivity contribution in [2.75, 3.05) is 105 Å². The molecule has 0 saturated carbocycles. The van der Waals surface area contributed by atoms with E-state index in [0.717, 1.165) is 90.3 Å². The Morgan fingerprint density at radius 1 is 0.523 bits per heavy atom. The Balaban J connectivity index is 0.000000131. The largest absolute Gasteiger partial charge is 0.384 e. The third-order valence-electron chi connectivity index (χ3n) is 18.3. The van der Waals surface area contributed by atoms with E-state index in [9.17, 15) is 0 Å². The molecule has 14 heteroatoms. The van der Waals surface area contributed by atoms with Gasteiger partial charge in [-0.25, -0.2) is 0 Å². The van der Waals surface area contributed by atoms with Crippen LogP contribution in [-0.4, -0.2) is 128 Å². The summed E-state index contributed by atoms with van der Waals surface area (Å²) in [6.07, 6.45) is 9.32. The summed E-state index contributed by atoms with van der Waals surface area (Å²) < 4.78 is 0. The third kappa shape index (κ3) is 15.3. The van der Waals surface area contributed by atoms with E-state index in [-0.39, 0.29) is 0 Å². The lowest BCUT2D eigenvalue weighted by Gasteiger charge is -2.36. The highest BCUT2D eigenvalue weighted by Crippen LogP contribution is 2.33. The molecule has 3 aromatic heterocycles. The molecule has 88 heavy (non-hydrogen) atoms. The fourth-order valence-electron chi connectivity index (χ4n) is 13.0. The fourth-order valence-corrected chi connectivity index (χ4v) is 13.0. The molecule has 7 aromatic carbocycles. The van der Waals surface area contributed by atoms with E-state index in [1.165, 1.54) is 123 Å². The van der Waals surface area contributed by atoms with Gasteiger partial charge in [0.1, 0.15) is 0 Å². The lowest BCUT2D eigenvalue weighted by molar-refractivity contribution is 0.116. The van der Waals surface area contributed by atoms with Gasteiger partial charge in [-0.2, -0.15) is 0 Å². The summed E-state index contributed by atoms with van der Waals surface area (Å²) in [6, 6.07) is 67.8. The molecular formula is C74H86N14. The molecule has 0 aliphatic carbocycles. The van der Waals surface area contributed by atoms with Gasteiger partial charge in [-0.05, 0) is 160 Å². The Morgan fingerprint density at radius 2 is 0.977 bits per heavy atom. The monoisotopic (exact) mass is 1170 g/mol. The maximum atomic E-state index is 8.48. The summed E-state index contributed by atoms with van der Waals surface area (Å²) in [7, 11) is 0. The van der Waals surface area contributed by atoms with Gasteiger partial charge in [0, 0.05) is 186 Å². The molecule has 0 radical (unpaired) electrons. The number of piperidine rings is 3. The van der Waals surface area contributed by atoms with E-state index in [2.05, 4.69) is 244 Å². The van der Waals surface area contributed by atoms with E-state index in [0.29, 0.717) is 23.8 Å². The van der Waals surface area contributed by atoms with Crippen molar-refractivity contribution in [3.05, 3.63) is 210 Å². The van der Waals surface area contributed by atoms with E-state index < -0.39 is 0 Å². The smallest absolute Gasteiger partial charge is 0.0465 e. The Hall–Kier alpha value is -8.75. The summed E-state index contributed by atoms with van der Waals surface area (Å²) in [6.45, 7) is 18.8. The van der Waals surface area contributed by atoms with Gasteiger partial charge in [0.05, 0.1) is 0 Å². The minimum absolute atomic E-state index is 0.369. The molecule has 452 valence electrons. The minimum atomic E-state index is 0.369. The molecular weight excluding hydrogens is 1080 g/mol. The molecule has 4 aliphatic heterocycles. The Labute approximate surface area is 519 Å². The van der Waals surface area contributed by atoms with Crippen LogP contribution < -0.4 is 31.1 Å². The van der Waals surface area contributed by atoms with Gasteiger partial charge < -0.3 is 46.0 Å². The molecule has 0 amide bonds. The molecule has 7 heterocycles. The number of azide groups is 1. The Bertz CT molecular complexity index is 3830. The van der Waals surface area contributed by atoms with Gasteiger partial charge in [0.2, 0.25) is 0 Å². The SMILES string of the molecule is CC(C)N1CCN(CC=C2CCN(c3cccc(-c4cc5ccccc5[nH]4)c3)CC2)CC1.NC1CCN(c2cccc(-c3cc4ccccc4[nH]3)c2)CC1.[N-]=[N+]=Nc1ccc(NCCNC2CCN(c3cccc(-c4cc5ccccc5[nH]4)c3)CC2)cc1. The minimum Gasteiger partial charge on any atom is -0.384 e. The lowest BCUT2D eigenvalue weighted by atomic mass is 10.0. The maximum absolute atomic E-state index is 8.48. The number of H-pyrrole nitrogens is 3. The van der Waals surface area contributed by atoms with Crippen LogP contribution in [0.1, 0.15) is 52.4 Å². The second kappa shape index (κ2) is 28.8. The second-order valence-corrected chi connectivity index (χ2v) is 24.4. The van der Waals surface area contributed by atoms with Crippen molar-refractivity contribution in [3.8, 4) is 33.8 Å². The molecule has 7 N–H and O–H groups in total. The van der Waals surface area contributed by atoms with Crippen LogP contribution in [-0.2, 0) is 0 Å². The Morgan fingerprint density at radius 3 is 1.43 bits per heavy atom. The van der Waals surface area contributed by atoms with Crippen molar-refractivity contribution < 1.29 is 0 Å². The quantitative estimate of drug-likeness (QED) is 0.0194. The lowest BCUT2D eigenvalue weighted by Crippen LogP contribution is -2.48. The van der Waals surface area contributed by atoms with Crippen molar-refractivity contribution in [2.24, 2.45) is 10.8 Å². The van der Waals surface area contributed by atoms with Gasteiger partial charge >= 0.3 is 0 Å². The number of para-hydroxylation sites is 3. The van der Waals surface area contributed by atoms with Gasteiger partial charge in [-0.3, -0.25) is 9.80 Å². The zero-order chi connectivity index (χ0) is 60.0. The number of aromatic amines is 3. The molecule has 10 aromatic rings. The summed E-state index contributed by atoms with van der Waals surface area (Å²) in [5.74, 6) is 0. The molecule has 4 aliphatic rings. The summed E-state index contributed by atoms with van der Waals surface area (Å²) in [5, 5.41) is 14.5. The third-order valence-corrected chi connectivity index (χ3v) is 18.3. The predicted octanol–water partition coefficient (Wildman–Crippen LogP) is 15.6. The highest BCUT2D eigenvalue weighted by molar-refractivity contribution is 5.88. The van der Waals surface area contributed by atoms with Crippen LogP contribution in [0.3, 0.4) is 0 Å². The summed E-state index contributed by atoms with van der Waals surface area (Å²) in [4.78, 5) is 26.1. The molecule has 0 spiro atoms. The zero-order valence-corrected chi connectivity index (χ0v) is 51.3. The number of nitrogens with one attached hydrogen (secondary N) is 5. The standard InChI is InChI=1S/C28H36N4.C27H29N7.C19H21N3/c1-22(2)31-18-16-30(17-19-31)13-10-23-11-14-32(15-12-23)26-8-5-7-24(20-26)28-21-25-6-3-4-9-27(25)29-28;28-33-32-24-10-8-22(9-11-24)29-14-15-30-23-12-16-34(17-13-23)25-6-3-5-20(18-25)27-19-21-4-1-2-7-26(21)31-27;20-16-8-10-22(11-9-16)17-6-3-5-14(12-17)19-13-15-4-1-2-7-18(15)21-19/h3-10,20-22,29H,11-19H2,1-2H3;1-11,18-19,23,29-31H,12-17H2;1-7,12-13,16,21H,8-11,20H2. The van der Waals surface area contributed by atoms with Gasteiger partial charge in [0.15, 0.2) is 0 Å². The Kier molecular flexibility index (Phi) is 19.5. The molecule has 4 fully saturated rings. The first-order chi connectivity index (χ1) is 43.2. The number of piperazine rings is 1. The zero-order valence-electron chi connectivity index (χ0n) is 51.3. The number of benzene rings is 7. The number of anilines is 4. The van der Waals surface area contributed by atoms with Gasteiger partial charge in [-0.1, -0.05) is 120 Å². The fraction of sp³-hybridized carbons (Fsp3) is 0.324. The maximum Gasteiger partial charge on any atom is 0.0465 e. The first-order valence-electron chi connectivity index (χ1n) is 32.1. The highest BCUT2D eigenvalue weighted by atomic mass is 15.3. The van der Waals surface area contributed by atoms with E-state index in [1.807, 2.05) is 24.3 Å². The molecule has 4 saturated heterocycles. The number of nitrogens with zero attached hydrogens (tertiary/aromatic N) is 8. The van der Waals surface area contributed by atoms with Crippen LogP contribution in [0, 0.1) is 0 Å². The summed E-state index contributed by atoms with van der Waals surface area (Å²) in [5.41, 5.74) is 32.5. The highest BCUT2D eigenvalue weighted by Gasteiger charge is 2.22. The number of rotatable bonds is 15. The van der Waals surface area contributed by atoms with Crippen molar-refractivity contribution in [3.63, 3.8) is 0 Å². The number of aromatic nitrogens is 3. The van der Waals surface area contributed by atoms with Crippen LogP contribution in [0.25, 0.3) is 76.9 Å². The number of hydrogen-bond acceptors (Lipinski definition) is 9. The number of hydrogen-bond donors (Lipinski definition) is 6. The van der Waals surface area contributed by atoms with Crippen LogP contribution in [0.2, 0.25) is 0 Å². The molecule has 14 rings (SSSR count). The van der Waals surface area contributed by atoms with Crippen LogP contribution >= 0.6 is 0 Å². The van der Waals surface area contributed by atoms with Crippen LogP contribution in [0.15, 0.2) is 205 Å². The average molecular weight is 1170 g/mol. The van der Waals surface area contributed by atoms with Crippen molar-refractivity contribution in [1.29, 1.82) is 0 Å². The normalized spacial score (nSPS) is 16.3. The molecule has 14 nitrogen and oxygen atoms in total.